The molecule has 0 spiro atoms. The average Bonchev–Trinajstić information content (AvgIpc) is 2.63. The number of ketones is 2. The van der Waals surface area contributed by atoms with Gasteiger partial charge in [0, 0.05) is 28.5 Å². The van der Waals surface area contributed by atoms with Gasteiger partial charge in [0.15, 0.2) is 11.6 Å². The van der Waals surface area contributed by atoms with Crippen LogP contribution in [0.15, 0.2) is 45.2 Å². The second-order valence-electron chi connectivity index (χ2n) is 8.27. The number of halogens is 2. The van der Waals surface area contributed by atoms with Gasteiger partial charge in [-0.2, -0.15) is 0 Å². The second kappa shape index (κ2) is 6.34. The lowest BCUT2D eigenvalue weighted by Crippen LogP contribution is -2.52. The standard InChI is InChI=1S/C21H21BrFNO4/c1-20(2)18(25)16-13(8-27-20)24-14-9-28-21(3,4)19(26)17(14)15(16)10-5-6-12(23)11(22)7-10/h5-7,15,24H,8-9H2,1-4H3. The van der Waals surface area contributed by atoms with E-state index >= 15 is 0 Å². The Balaban J connectivity index is 1.95. The zero-order valence-corrected chi connectivity index (χ0v) is 17.7. The topological polar surface area (TPSA) is 64.6 Å². The third-order valence-corrected chi connectivity index (χ3v) is 6.15. The lowest BCUT2D eigenvalue weighted by Gasteiger charge is -2.43. The zero-order chi connectivity index (χ0) is 20.4. The van der Waals surface area contributed by atoms with E-state index in [1.54, 1.807) is 39.8 Å². The van der Waals surface area contributed by atoms with Gasteiger partial charge in [0.2, 0.25) is 0 Å². The van der Waals surface area contributed by atoms with E-state index in [1.807, 2.05) is 0 Å². The largest absolute Gasteiger partial charge is 0.361 e. The number of benzene rings is 1. The Hall–Kier alpha value is -1.83. The molecule has 3 heterocycles. The molecule has 0 unspecified atom stereocenters. The summed E-state index contributed by atoms with van der Waals surface area (Å²) in [5.74, 6) is -1.38. The van der Waals surface area contributed by atoms with Crippen LogP contribution in [0, 0.1) is 5.82 Å². The van der Waals surface area contributed by atoms with Gasteiger partial charge in [0.05, 0.1) is 17.7 Å². The number of rotatable bonds is 1. The maximum Gasteiger partial charge on any atom is 0.192 e. The lowest BCUT2D eigenvalue weighted by molar-refractivity contribution is -0.140. The Morgan fingerprint density at radius 1 is 1.00 bits per heavy atom. The molecule has 28 heavy (non-hydrogen) atoms. The lowest BCUT2D eigenvalue weighted by atomic mass is 9.71. The van der Waals surface area contributed by atoms with Gasteiger partial charge in [0.1, 0.15) is 17.0 Å². The summed E-state index contributed by atoms with van der Waals surface area (Å²) in [7, 11) is 0. The highest BCUT2D eigenvalue weighted by molar-refractivity contribution is 9.10. The monoisotopic (exact) mass is 449 g/mol. The number of nitrogens with one attached hydrogen (secondary N) is 1. The van der Waals surface area contributed by atoms with Crippen LogP contribution < -0.4 is 5.32 Å². The molecule has 1 aromatic rings. The molecule has 3 aliphatic heterocycles. The molecule has 1 aromatic carbocycles. The van der Waals surface area contributed by atoms with Gasteiger partial charge in [-0.25, -0.2) is 4.39 Å². The highest BCUT2D eigenvalue weighted by Crippen LogP contribution is 2.46. The predicted octanol–water partition coefficient (Wildman–Crippen LogP) is 3.54. The average molecular weight is 450 g/mol. The smallest absolute Gasteiger partial charge is 0.192 e. The quantitative estimate of drug-likeness (QED) is 0.710. The molecule has 3 aliphatic rings. The molecule has 0 atom stereocenters. The molecule has 0 aromatic heterocycles. The molecular weight excluding hydrogens is 429 g/mol. The summed E-state index contributed by atoms with van der Waals surface area (Å²) in [4.78, 5) is 26.6. The summed E-state index contributed by atoms with van der Waals surface area (Å²) in [6.45, 7) is 7.32. The number of hydrogen-bond donors (Lipinski definition) is 1. The van der Waals surface area contributed by atoms with Crippen molar-refractivity contribution in [3.8, 4) is 0 Å². The summed E-state index contributed by atoms with van der Waals surface area (Å²) in [6, 6.07) is 4.59. The number of carbonyl (C=O) groups is 2. The number of dihydropyridines is 1. The fraction of sp³-hybridized carbons (Fsp3) is 0.429. The molecule has 0 bridgehead atoms. The van der Waals surface area contributed by atoms with E-state index in [1.165, 1.54) is 6.07 Å². The molecule has 4 rings (SSSR count). The highest BCUT2D eigenvalue weighted by Gasteiger charge is 2.49. The highest BCUT2D eigenvalue weighted by atomic mass is 79.9. The first-order chi connectivity index (χ1) is 13.0. The zero-order valence-electron chi connectivity index (χ0n) is 16.1. The van der Waals surface area contributed by atoms with Crippen molar-refractivity contribution in [3.05, 3.63) is 56.6 Å². The SMILES string of the molecule is CC1(C)OCC2=C(C1=O)C(c1ccc(F)c(Br)c1)C1=C(COC(C)(C)C1=O)N2. The third-order valence-electron chi connectivity index (χ3n) is 5.54. The van der Waals surface area contributed by atoms with E-state index in [2.05, 4.69) is 21.2 Å². The third kappa shape index (κ3) is 2.88. The normalized spacial score (nSPS) is 24.1. The van der Waals surface area contributed by atoms with Crippen LogP contribution in [0.1, 0.15) is 39.2 Å². The molecule has 0 aliphatic carbocycles. The van der Waals surface area contributed by atoms with Crippen molar-refractivity contribution in [1.82, 2.24) is 5.32 Å². The first-order valence-corrected chi connectivity index (χ1v) is 9.88. The first-order valence-electron chi connectivity index (χ1n) is 9.08. The Kier molecular flexibility index (Phi) is 4.41. The molecule has 7 heteroatoms. The van der Waals surface area contributed by atoms with Crippen molar-refractivity contribution < 1.29 is 23.5 Å². The summed E-state index contributed by atoms with van der Waals surface area (Å²) < 4.78 is 25.6. The van der Waals surface area contributed by atoms with Crippen LogP contribution in [0.4, 0.5) is 4.39 Å². The molecule has 1 N–H and O–H groups in total. The first kappa shape index (κ1) is 19.5. The number of carbonyl (C=O) groups excluding carboxylic acids is 2. The number of hydrogen-bond acceptors (Lipinski definition) is 5. The van der Waals surface area contributed by atoms with Gasteiger partial charge in [0.25, 0.3) is 0 Å². The maximum atomic E-state index is 13.9. The van der Waals surface area contributed by atoms with Crippen LogP contribution in [0.3, 0.4) is 0 Å². The van der Waals surface area contributed by atoms with Crippen molar-refractivity contribution in [3.63, 3.8) is 0 Å². The summed E-state index contributed by atoms with van der Waals surface area (Å²) >= 11 is 3.22. The second-order valence-corrected chi connectivity index (χ2v) is 9.13. The Bertz CT molecular complexity index is 925. The van der Waals surface area contributed by atoms with Crippen LogP contribution in [-0.2, 0) is 19.1 Å². The molecule has 0 fully saturated rings. The maximum absolute atomic E-state index is 13.9. The summed E-state index contributed by atoms with van der Waals surface area (Å²) in [6.07, 6.45) is 0. The number of Topliss-reactive ketones (excluding diaryl/α,β-unsaturated/α-hetero) is 2. The fourth-order valence-electron chi connectivity index (χ4n) is 3.88. The predicted molar refractivity (Wildman–Crippen MR) is 104 cm³/mol. The van der Waals surface area contributed by atoms with Gasteiger partial charge >= 0.3 is 0 Å². The van der Waals surface area contributed by atoms with Crippen LogP contribution in [0.5, 0.6) is 0 Å². The fourth-order valence-corrected chi connectivity index (χ4v) is 4.28. The van der Waals surface area contributed by atoms with E-state index in [9.17, 15) is 14.0 Å². The van der Waals surface area contributed by atoms with Gasteiger partial charge in [-0.1, -0.05) is 6.07 Å². The van der Waals surface area contributed by atoms with E-state index in [-0.39, 0.29) is 29.3 Å². The van der Waals surface area contributed by atoms with Crippen molar-refractivity contribution in [2.24, 2.45) is 0 Å². The van der Waals surface area contributed by atoms with Gasteiger partial charge in [-0.3, -0.25) is 9.59 Å². The molecule has 0 saturated heterocycles. The molecule has 0 radical (unpaired) electrons. The minimum Gasteiger partial charge on any atom is -0.361 e. The Morgan fingerprint density at radius 3 is 1.96 bits per heavy atom. The van der Waals surface area contributed by atoms with Crippen molar-refractivity contribution in [2.75, 3.05) is 13.2 Å². The summed E-state index contributed by atoms with van der Waals surface area (Å²) in [5, 5.41) is 3.20. The molecular formula is C21H21BrFNO4. The van der Waals surface area contributed by atoms with Crippen LogP contribution in [-0.4, -0.2) is 36.0 Å². The minimum absolute atomic E-state index is 0.185. The van der Waals surface area contributed by atoms with E-state index < -0.39 is 22.9 Å². The van der Waals surface area contributed by atoms with E-state index in [4.69, 9.17) is 9.47 Å². The van der Waals surface area contributed by atoms with Crippen LogP contribution >= 0.6 is 15.9 Å². The summed E-state index contributed by atoms with van der Waals surface area (Å²) in [5.41, 5.74) is 0.926. The molecule has 148 valence electrons. The van der Waals surface area contributed by atoms with Gasteiger partial charge < -0.3 is 14.8 Å². The Labute approximate surface area is 171 Å². The van der Waals surface area contributed by atoms with Crippen LogP contribution in [0.25, 0.3) is 0 Å². The molecule has 0 amide bonds. The number of ether oxygens (including phenoxy) is 2. The minimum atomic E-state index is -1.00. The van der Waals surface area contributed by atoms with Gasteiger partial charge in [-0.05, 0) is 61.3 Å². The van der Waals surface area contributed by atoms with E-state index in [0.29, 0.717) is 28.1 Å². The molecule has 0 saturated carbocycles. The van der Waals surface area contributed by atoms with Crippen molar-refractivity contribution >= 4 is 27.5 Å². The van der Waals surface area contributed by atoms with Gasteiger partial charge in [-0.15, -0.1) is 0 Å². The van der Waals surface area contributed by atoms with Crippen LogP contribution in [0.2, 0.25) is 0 Å². The van der Waals surface area contributed by atoms with Crippen molar-refractivity contribution in [1.29, 1.82) is 0 Å². The molecule has 5 nitrogen and oxygen atoms in total. The Morgan fingerprint density at radius 2 is 1.50 bits per heavy atom. The van der Waals surface area contributed by atoms with Crippen molar-refractivity contribution in [2.45, 2.75) is 44.8 Å². The van der Waals surface area contributed by atoms with E-state index in [0.717, 1.165) is 0 Å².